The van der Waals surface area contributed by atoms with Gasteiger partial charge in [-0.1, -0.05) is 12.1 Å². The van der Waals surface area contributed by atoms with E-state index >= 15 is 0 Å². The lowest BCUT2D eigenvalue weighted by Crippen LogP contribution is -2.21. The minimum absolute atomic E-state index is 0.106. The van der Waals surface area contributed by atoms with Crippen LogP contribution >= 0.6 is 0 Å². The number of anilines is 2. The molecule has 9 heteroatoms. The molecule has 2 aromatic rings. The van der Waals surface area contributed by atoms with E-state index in [1.165, 1.54) is 6.21 Å². The summed E-state index contributed by atoms with van der Waals surface area (Å²) in [4.78, 5) is 25.9. The second kappa shape index (κ2) is 11.1. The third-order valence-corrected chi connectivity index (χ3v) is 4.50. The van der Waals surface area contributed by atoms with E-state index in [0.29, 0.717) is 0 Å². The van der Waals surface area contributed by atoms with Gasteiger partial charge >= 0.3 is 6.18 Å². The first-order valence-electron chi connectivity index (χ1n) is 9.87. The van der Waals surface area contributed by atoms with E-state index in [0.717, 1.165) is 48.6 Å². The molecule has 0 heterocycles. The van der Waals surface area contributed by atoms with Gasteiger partial charge in [0.15, 0.2) is 0 Å². The van der Waals surface area contributed by atoms with E-state index in [1.807, 2.05) is 24.3 Å². The molecule has 2 N–H and O–H groups in total. The van der Waals surface area contributed by atoms with Crippen LogP contribution in [0.3, 0.4) is 0 Å². The molecule has 0 aromatic heterocycles. The van der Waals surface area contributed by atoms with Crippen molar-refractivity contribution in [2.75, 3.05) is 23.3 Å². The number of rotatable bonds is 9. The molecule has 166 valence electrons. The lowest BCUT2D eigenvalue weighted by Gasteiger charge is -2.20. The number of halogens is 3. The fourth-order valence-corrected chi connectivity index (χ4v) is 2.79. The normalized spacial score (nSPS) is 11.4. The van der Waals surface area contributed by atoms with Crippen molar-refractivity contribution < 1.29 is 22.8 Å². The van der Waals surface area contributed by atoms with Gasteiger partial charge in [0.2, 0.25) is 11.8 Å². The third kappa shape index (κ3) is 7.76. The smallest absolute Gasteiger partial charge is 0.372 e. The van der Waals surface area contributed by atoms with Gasteiger partial charge in [-0.3, -0.25) is 9.59 Å². The van der Waals surface area contributed by atoms with Crippen molar-refractivity contribution in [3.63, 3.8) is 0 Å². The zero-order chi connectivity index (χ0) is 22.9. The highest BCUT2D eigenvalue weighted by Gasteiger charge is 2.29. The van der Waals surface area contributed by atoms with Gasteiger partial charge in [0.05, 0.1) is 11.8 Å². The number of hydrogen-bond donors (Lipinski definition) is 2. The number of hydrogen-bond acceptors (Lipinski definition) is 4. The van der Waals surface area contributed by atoms with Gasteiger partial charge in [0.1, 0.15) is 0 Å². The molecule has 0 bridgehead atoms. The first-order chi connectivity index (χ1) is 14.7. The van der Waals surface area contributed by atoms with Crippen LogP contribution in [0.15, 0.2) is 53.6 Å². The number of carbonyl (C=O) groups excluding carboxylic acids is 2. The fourth-order valence-electron chi connectivity index (χ4n) is 2.79. The lowest BCUT2D eigenvalue weighted by atomic mass is 10.2. The topological polar surface area (TPSA) is 73.8 Å². The van der Waals surface area contributed by atoms with Crippen molar-refractivity contribution in [3.8, 4) is 0 Å². The van der Waals surface area contributed by atoms with Crippen molar-refractivity contribution >= 4 is 29.4 Å². The van der Waals surface area contributed by atoms with Gasteiger partial charge in [-0.25, -0.2) is 5.43 Å². The molecule has 0 aliphatic heterocycles. The molecule has 0 atom stereocenters. The number of benzene rings is 2. The molecule has 0 fully saturated rings. The molecule has 31 heavy (non-hydrogen) atoms. The van der Waals surface area contributed by atoms with Crippen molar-refractivity contribution in [3.05, 3.63) is 59.7 Å². The van der Waals surface area contributed by atoms with Gasteiger partial charge in [0, 0.05) is 37.3 Å². The maximum absolute atomic E-state index is 12.5. The van der Waals surface area contributed by atoms with Crippen molar-refractivity contribution in [2.45, 2.75) is 32.9 Å². The maximum atomic E-state index is 12.5. The maximum Gasteiger partial charge on any atom is 0.416 e. The monoisotopic (exact) mass is 434 g/mol. The van der Waals surface area contributed by atoms with Gasteiger partial charge < -0.3 is 10.2 Å². The highest BCUT2D eigenvalue weighted by atomic mass is 19.4. The third-order valence-electron chi connectivity index (χ3n) is 4.50. The quantitative estimate of drug-likeness (QED) is 0.453. The minimum Gasteiger partial charge on any atom is -0.372 e. The minimum atomic E-state index is -4.44. The molecule has 6 nitrogen and oxygen atoms in total. The van der Waals surface area contributed by atoms with Crippen LogP contribution in [0, 0.1) is 0 Å². The summed E-state index contributed by atoms with van der Waals surface area (Å²) in [6.45, 7) is 5.98. The summed E-state index contributed by atoms with van der Waals surface area (Å²) in [6, 6.07) is 11.8. The summed E-state index contributed by atoms with van der Waals surface area (Å²) >= 11 is 0. The number of amides is 2. The molecule has 0 unspecified atom stereocenters. The largest absolute Gasteiger partial charge is 0.416 e. The second-order valence-corrected chi connectivity index (χ2v) is 6.68. The van der Waals surface area contributed by atoms with Crippen LogP contribution < -0.4 is 15.6 Å². The summed E-state index contributed by atoms with van der Waals surface area (Å²) in [7, 11) is 0. The Morgan fingerprint density at radius 2 is 1.52 bits per heavy atom. The zero-order valence-corrected chi connectivity index (χ0v) is 17.4. The Bertz CT molecular complexity index is 890. The van der Waals surface area contributed by atoms with Crippen LogP contribution in [-0.2, 0) is 15.8 Å². The van der Waals surface area contributed by atoms with Crippen molar-refractivity contribution in [1.29, 1.82) is 0 Å². The molecule has 2 rings (SSSR count). The Morgan fingerprint density at radius 3 is 2.06 bits per heavy atom. The Hall–Kier alpha value is -3.36. The number of nitrogens with one attached hydrogen (secondary N) is 2. The highest BCUT2D eigenvalue weighted by molar-refractivity contribution is 5.93. The molecular weight excluding hydrogens is 409 g/mol. The second-order valence-electron chi connectivity index (χ2n) is 6.68. The van der Waals surface area contributed by atoms with Crippen LogP contribution in [0.4, 0.5) is 24.5 Å². The first-order valence-corrected chi connectivity index (χ1v) is 9.87. The number of alkyl halides is 3. The summed E-state index contributed by atoms with van der Waals surface area (Å²) in [5.41, 5.74) is 3.69. The molecule has 0 spiro atoms. The molecule has 0 aliphatic carbocycles. The molecule has 2 aromatic carbocycles. The first kappa shape index (κ1) is 23.9. The predicted octanol–water partition coefficient (Wildman–Crippen LogP) is 4.42. The summed E-state index contributed by atoms with van der Waals surface area (Å²) in [5, 5.41) is 6.33. The average molecular weight is 434 g/mol. The summed E-state index contributed by atoms with van der Waals surface area (Å²) in [6.07, 6.45) is -3.16. The number of nitrogens with zero attached hydrogens (tertiary/aromatic N) is 2. The van der Waals surface area contributed by atoms with Crippen LogP contribution in [-0.4, -0.2) is 31.1 Å². The SMILES string of the molecule is CCN(CC)c1ccc(C=NNC(=O)CCC(=O)Nc2ccc(C(F)(F)F)cc2)cc1. The molecule has 0 radical (unpaired) electrons. The number of hydrazone groups is 1. The van der Waals surface area contributed by atoms with Crippen LogP contribution in [0.1, 0.15) is 37.8 Å². The van der Waals surface area contributed by atoms with Crippen LogP contribution in [0.5, 0.6) is 0 Å². The molecular formula is C22H25F3N4O2. The molecule has 2 amide bonds. The summed E-state index contributed by atoms with van der Waals surface area (Å²) < 4.78 is 37.6. The lowest BCUT2D eigenvalue weighted by molar-refractivity contribution is -0.137. The standard InChI is InChI=1S/C22H25F3N4O2/c1-3-29(4-2)19-11-5-16(6-12-19)15-26-28-21(31)14-13-20(30)27-18-9-7-17(8-10-18)22(23,24)25/h5-12,15H,3-4,13-14H2,1-2H3,(H,27,30)(H,28,31). The van der Waals surface area contributed by atoms with Gasteiger partial charge in [0.25, 0.3) is 0 Å². The predicted molar refractivity (Wildman–Crippen MR) is 115 cm³/mol. The van der Waals surface area contributed by atoms with Gasteiger partial charge in [-0.05, 0) is 55.8 Å². The Balaban J connectivity index is 1.75. The van der Waals surface area contributed by atoms with E-state index in [4.69, 9.17) is 0 Å². The van der Waals surface area contributed by atoms with E-state index in [1.54, 1.807) is 0 Å². The highest BCUT2D eigenvalue weighted by Crippen LogP contribution is 2.29. The van der Waals surface area contributed by atoms with E-state index in [2.05, 4.69) is 34.6 Å². The Labute approximate surface area is 179 Å². The average Bonchev–Trinajstić information content (AvgIpc) is 2.74. The van der Waals surface area contributed by atoms with E-state index < -0.39 is 23.6 Å². The fraction of sp³-hybridized carbons (Fsp3) is 0.318. The summed E-state index contributed by atoms with van der Waals surface area (Å²) in [5.74, 6) is -0.926. The van der Waals surface area contributed by atoms with Crippen LogP contribution in [0.25, 0.3) is 0 Å². The van der Waals surface area contributed by atoms with E-state index in [-0.39, 0.29) is 18.5 Å². The van der Waals surface area contributed by atoms with E-state index in [9.17, 15) is 22.8 Å². The Kier molecular flexibility index (Phi) is 8.60. The van der Waals surface area contributed by atoms with Crippen LogP contribution in [0.2, 0.25) is 0 Å². The van der Waals surface area contributed by atoms with Crippen molar-refractivity contribution in [2.24, 2.45) is 5.10 Å². The molecule has 0 saturated carbocycles. The molecule has 0 aliphatic rings. The van der Waals surface area contributed by atoms with Crippen molar-refractivity contribution in [1.82, 2.24) is 5.43 Å². The number of carbonyl (C=O) groups is 2. The zero-order valence-electron chi connectivity index (χ0n) is 17.4. The molecule has 0 saturated heterocycles. The van der Waals surface area contributed by atoms with Gasteiger partial charge in [-0.2, -0.15) is 18.3 Å². The Morgan fingerprint density at radius 1 is 0.935 bits per heavy atom. The van der Waals surface area contributed by atoms with Gasteiger partial charge in [-0.15, -0.1) is 0 Å².